The molecule has 0 bridgehead atoms. The van der Waals surface area contributed by atoms with Gasteiger partial charge in [-0.3, -0.25) is 4.79 Å². The molecule has 0 spiro atoms. The van der Waals surface area contributed by atoms with Crippen molar-refractivity contribution in [3.05, 3.63) is 36.0 Å². The molecule has 3 nitrogen and oxygen atoms in total. The Kier molecular flexibility index (Phi) is 4.33. The maximum atomic E-state index is 13.2. The van der Waals surface area contributed by atoms with Crippen molar-refractivity contribution >= 4 is 16.7 Å². The Hall–Kier alpha value is -1.61. The summed E-state index contributed by atoms with van der Waals surface area (Å²) in [5, 5.41) is 1.09. The molecule has 130 valence electrons. The lowest BCUT2D eigenvalue weighted by molar-refractivity contribution is 0.0946. The number of para-hydroxylation sites is 1. The van der Waals surface area contributed by atoms with E-state index < -0.39 is 0 Å². The first-order chi connectivity index (χ1) is 11.3. The quantitative estimate of drug-likeness (QED) is 0.533. The second-order valence-corrected chi connectivity index (χ2v) is 8.19. The molecule has 1 saturated carbocycles. The molecule has 0 atom stereocenters. The molecule has 1 aliphatic rings. The topological polar surface area (TPSA) is 31.2 Å². The Labute approximate surface area is 145 Å². The van der Waals surface area contributed by atoms with Gasteiger partial charge >= 0.3 is 0 Å². The van der Waals surface area contributed by atoms with Crippen LogP contribution in [0.1, 0.15) is 50.9 Å². The molecule has 1 aliphatic carbocycles. The molecule has 3 rings (SSSR count). The summed E-state index contributed by atoms with van der Waals surface area (Å²) in [6.07, 6.45) is 4.17. The largest absolute Gasteiger partial charge is 0.385 e. The summed E-state index contributed by atoms with van der Waals surface area (Å²) in [4.78, 5) is 13.2. The molecule has 1 fully saturated rings. The van der Waals surface area contributed by atoms with Crippen molar-refractivity contribution in [3.63, 3.8) is 0 Å². The van der Waals surface area contributed by atoms with Gasteiger partial charge in [0.1, 0.15) is 0 Å². The number of hydrogen-bond donors (Lipinski definition) is 0. The van der Waals surface area contributed by atoms with E-state index in [9.17, 15) is 4.79 Å². The lowest BCUT2D eigenvalue weighted by Gasteiger charge is -2.04. The molecule has 0 radical (unpaired) electrons. The van der Waals surface area contributed by atoms with Gasteiger partial charge in [-0.2, -0.15) is 0 Å². The van der Waals surface area contributed by atoms with Crippen molar-refractivity contribution in [2.45, 2.75) is 47.1 Å². The van der Waals surface area contributed by atoms with Crippen LogP contribution in [0.2, 0.25) is 0 Å². The van der Waals surface area contributed by atoms with Gasteiger partial charge < -0.3 is 9.30 Å². The number of ketones is 1. The smallest absolute Gasteiger partial charge is 0.169 e. The molecule has 1 aromatic carbocycles. The summed E-state index contributed by atoms with van der Waals surface area (Å²) in [5.41, 5.74) is 2.20. The zero-order chi connectivity index (χ0) is 17.5. The fraction of sp³-hybridized carbons (Fsp3) is 0.571. The van der Waals surface area contributed by atoms with Crippen LogP contribution in [0.5, 0.6) is 0 Å². The highest BCUT2D eigenvalue weighted by molar-refractivity contribution is 6.11. The number of unbranched alkanes of at least 4 members (excludes halogenated alkanes) is 1. The molecule has 1 heterocycles. The van der Waals surface area contributed by atoms with Crippen molar-refractivity contribution in [1.82, 2.24) is 4.57 Å². The van der Waals surface area contributed by atoms with Crippen LogP contribution in [0.4, 0.5) is 0 Å². The molecule has 24 heavy (non-hydrogen) atoms. The summed E-state index contributed by atoms with van der Waals surface area (Å²) in [7, 11) is 1.74. The standard InChI is InChI=1S/C21H29NO2/c1-20(2)19(21(20,3)4)18(23)16-14-22(12-8-9-13-24-5)17-11-7-6-10-15(16)17/h6-7,10-11,14,19H,8-9,12-13H2,1-5H3. The van der Waals surface area contributed by atoms with Crippen LogP contribution in [0.25, 0.3) is 10.9 Å². The van der Waals surface area contributed by atoms with Crippen molar-refractivity contribution in [1.29, 1.82) is 0 Å². The molecule has 3 heteroatoms. The normalized spacial score (nSPS) is 18.9. The molecular weight excluding hydrogens is 298 g/mol. The first-order valence-electron chi connectivity index (χ1n) is 8.93. The van der Waals surface area contributed by atoms with E-state index in [1.165, 1.54) is 0 Å². The van der Waals surface area contributed by atoms with Crippen molar-refractivity contribution in [3.8, 4) is 0 Å². The van der Waals surface area contributed by atoms with Crippen molar-refractivity contribution in [2.24, 2.45) is 16.7 Å². The predicted octanol–water partition coefficient (Wildman–Crippen LogP) is 4.93. The fourth-order valence-electron chi connectivity index (χ4n) is 4.16. The third kappa shape index (κ3) is 2.59. The van der Waals surface area contributed by atoms with Crippen LogP contribution < -0.4 is 0 Å². The molecule has 0 unspecified atom stereocenters. The molecule has 0 N–H and O–H groups in total. The Morgan fingerprint density at radius 3 is 2.42 bits per heavy atom. The van der Waals surface area contributed by atoms with Crippen LogP contribution in [-0.4, -0.2) is 24.1 Å². The number of ether oxygens (including phenoxy) is 1. The second kappa shape index (κ2) is 6.03. The Bertz CT molecular complexity index is 740. The highest BCUT2D eigenvalue weighted by Gasteiger charge is 2.68. The Morgan fingerprint density at radius 2 is 1.79 bits per heavy atom. The lowest BCUT2D eigenvalue weighted by Crippen LogP contribution is -2.07. The lowest BCUT2D eigenvalue weighted by atomic mass is 10.0. The van der Waals surface area contributed by atoms with Crippen LogP contribution >= 0.6 is 0 Å². The summed E-state index contributed by atoms with van der Waals surface area (Å²) < 4.78 is 7.37. The molecule has 0 saturated heterocycles. The van der Waals surface area contributed by atoms with Gasteiger partial charge in [-0.1, -0.05) is 45.9 Å². The first-order valence-corrected chi connectivity index (χ1v) is 8.93. The SMILES string of the molecule is COCCCCn1cc(C(=O)C2C(C)(C)C2(C)C)c2ccccc21. The number of aromatic nitrogens is 1. The third-order valence-electron chi connectivity index (χ3n) is 6.33. The van der Waals surface area contributed by atoms with Crippen molar-refractivity contribution < 1.29 is 9.53 Å². The van der Waals surface area contributed by atoms with E-state index >= 15 is 0 Å². The zero-order valence-corrected chi connectivity index (χ0v) is 15.6. The number of benzene rings is 1. The number of carbonyl (C=O) groups excluding carboxylic acids is 1. The van der Waals surface area contributed by atoms with Gasteiger partial charge in [0.15, 0.2) is 5.78 Å². The van der Waals surface area contributed by atoms with Crippen LogP contribution in [0.15, 0.2) is 30.5 Å². The first kappa shape index (κ1) is 17.2. The van der Waals surface area contributed by atoms with Gasteiger partial charge in [0.05, 0.1) is 0 Å². The van der Waals surface area contributed by atoms with Crippen LogP contribution in [0.3, 0.4) is 0 Å². The minimum absolute atomic E-state index is 0.0752. The maximum absolute atomic E-state index is 13.2. The van der Waals surface area contributed by atoms with Crippen LogP contribution in [-0.2, 0) is 11.3 Å². The number of carbonyl (C=O) groups is 1. The number of Topliss-reactive ketones (excluding diaryl/α,β-unsaturated/α-hetero) is 1. The molecule has 0 amide bonds. The average molecular weight is 327 g/mol. The average Bonchev–Trinajstić information content (AvgIpc) is 2.83. The molecule has 0 aliphatic heterocycles. The van der Waals surface area contributed by atoms with E-state index in [-0.39, 0.29) is 16.7 Å². The summed E-state index contributed by atoms with van der Waals surface area (Å²) in [5.74, 6) is 0.412. The summed E-state index contributed by atoms with van der Waals surface area (Å²) >= 11 is 0. The van der Waals surface area contributed by atoms with Gasteiger partial charge in [-0.15, -0.1) is 0 Å². The fourth-order valence-corrected chi connectivity index (χ4v) is 4.16. The van der Waals surface area contributed by atoms with E-state index in [0.717, 1.165) is 42.5 Å². The summed E-state index contributed by atoms with van der Waals surface area (Å²) in [6, 6.07) is 8.27. The third-order valence-corrected chi connectivity index (χ3v) is 6.33. The maximum Gasteiger partial charge on any atom is 0.169 e. The number of aryl methyl sites for hydroxylation is 1. The molecule has 2 aromatic rings. The highest BCUT2D eigenvalue weighted by atomic mass is 16.5. The number of nitrogens with zero attached hydrogens (tertiary/aromatic N) is 1. The van der Waals surface area contributed by atoms with E-state index in [4.69, 9.17) is 4.74 Å². The zero-order valence-electron chi connectivity index (χ0n) is 15.6. The van der Waals surface area contributed by atoms with Crippen LogP contribution in [0, 0.1) is 16.7 Å². The Balaban J connectivity index is 1.90. The van der Waals surface area contributed by atoms with Gasteiger partial charge in [0, 0.05) is 48.8 Å². The van der Waals surface area contributed by atoms with Gasteiger partial charge in [0.2, 0.25) is 0 Å². The molecule has 1 aromatic heterocycles. The van der Waals surface area contributed by atoms with E-state index in [1.54, 1.807) is 7.11 Å². The minimum Gasteiger partial charge on any atom is -0.385 e. The van der Waals surface area contributed by atoms with Crippen molar-refractivity contribution in [2.75, 3.05) is 13.7 Å². The van der Waals surface area contributed by atoms with E-state index in [2.05, 4.69) is 50.6 Å². The summed E-state index contributed by atoms with van der Waals surface area (Å²) in [6.45, 7) is 10.5. The van der Waals surface area contributed by atoms with E-state index in [0.29, 0.717) is 5.78 Å². The molecular formula is C21H29NO2. The monoisotopic (exact) mass is 327 g/mol. The number of fused-ring (bicyclic) bond motifs is 1. The van der Waals surface area contributed by atoms with Gasteiger partial charge in [0.25, 0.3) is 0 Å². The second-order valence-electron chi connectivity index (χ2n) is 8.19. The number of rotatable bonds is 7. The number of methoxy groups -OCH3 is 1. The minimum atomic E-state index is 0.0752. The number of hydrogen-bond acceptors (Lipinski definition) is 2. The van der Waals surface area contributed by atoms with E-state index in [1.807, 2.05) is 12.1 Å². The van der Waals surface area contributed by atoms with Gasteiger partial charge in [-0.05, 0) is 29.7 Å². The Morgan fingerprint density at radius 1 is 1.12 bits per heavy atom. The predicted molar refractivity (Wildman–Crippen MR) is 98.4 cm³/mol. The highest BCUT2D eigenvalue weighted by Crippen LogP contribution is 2.69. The van der Waals surface area contributed by atoms with Gasteiger partial charge in [-0.25, -0.2) is 0 Å².